The van der Waals surface area contributed by atoms with Crippen molar-refractivity contribution < 1.29 is 0 Å². The maximum atomic E-state index is 5.53. The molecular formula is C13H23N3. The van der Waals surface area contributed by atoms with Crippen LogP contribution in [0.2, 0.25) is 0 Å². The summed E-state index contributed by atoms with van der Waals surface area (Å²) in [5.74, 6) is 0.930. The Morgan fingerprint density at radius 3 is 1.94 bits per heavy atom. The first kappa shape index (κ1) is 13.1. The van der Waals surface area contributed by atoms with Gasteiger partial charge in [0.1, 0.15) is 5.82 Å². The summed E-state index contributed by atoms with van der Waals surface area (Å²) in [7, 11) is 0. The molecule has 0 atom stereocenters. The van der Waals surface area contributed by atoms with Gasteiger partial charge in [0, 0.05) is 16.8 Å². The molecule has 0 amide bonds. The second kappa shape index (κ2) is 4.91. The van der Waals surface area contributed by atoms with E-state index in [4.69, 9.17) is 5.73 Å². The number of aromatic nitrogens is 2. The third-order valence-corrected chi connectivity index (χ3v) is 2.72. The SMILES string of the molecule is Cc1nc(C(C)(C)C)nc(C)c1CCCN. The van der Waals surface area contributed by atoms with Crippen LogP contribution in [0.4, 0.5) is 0 Å². The van der Waals surface area contributed by atoms with Crippen LogP contribution in [0.3, 0.4) is 0 Å². The van der Waals surface area contributed by atoms with Gasteiger partial charge in [-0.2, -0.15) is 0 Å². The van der Waals surface area contributed by atoms with E-state index in [9.17, 15) is 0 Å². The lowest BCUT2D eigenvalue weighted by atomic mass is 9.94. The van der Waals surface area contributed by atoms with Crippen molar-refractivity contribution in [3.05, 3.63) is 22.8 Å². The largest absolute Gasteiger partial charge is 0.330 e. The van der Waals surface area contributed by atoms with Crippen molar-refractivity contribution in [2.75, 3.05) is 6.54 Å². The third-order valence-electron chi connectivity index (χ3n) is 2.72. The van der Waals surface area contributed by atoms with Crippen LogP contribution < -0.4 is 5.73 Å². The first-order valence-electron chi connectivity index (χ1n) is 5.91. The Morgan fingerprint density at radius 2 is 1.56 bits per heavy atom. The molecule has 2 N–H and O–H groups in total. The lowest BCUT2D eigenvalue weighted by Gasteiger charge is -2.19. The van der Waals surface area contributed by atoms with E-state index >= 15 is 0 Å². The average Bonchev–Trinajstić information content (AvgIpc) is 2.15. The summed E-state index contributed by atoms with van der Waals surface area (Å²) in [6, 6.07) is 0. The van der Waals surface area contributed by atoms with Gasteiger partial charge in [-0.15, -0.1) is 0 Å². The van der Waals surface area contributed by atoms with Gasteiger partial charge in [-0.05, 0) is 38.8 Å². The van der Waals surface area contributed by atoms with Gasteiger partial charge in [0.15, 0.2) is 0 Å². The third kappa shape index (κ3) is 3.01. The van der Waals surface area contributed by atoms with Crippen molar-refractivity contribution in [2.24, 2.45) is 5.73 Å². The van der Waals surface area contributed by atoms with Gasteiger partial charge in [-0.25, -0.2) is 9.97 Å². The van der Waals surface area contributed by atoms with Gasteiger partial charge in [0.25, 0.3) is 0 Å². The van der Waals surface area contributed by atoms with E-state index in [1.165, 1.54) is 5.56 Å². The minimum Gasteiger partial charge on any atom is -0.330 e. The monoisotopic (exact) mass is 221 g/mol. The highest BCUT2D eigenvalue weighted by molar-refractivity contribution is 5.26. The second-order valence-corrected chi connectivity index (χ2v) is 5.34. The van der Waals surface area contributed by atoms with E-state index in [-0.39, 0.29) is 5.41 Å². The van der Waals surface area contributed by atoms with E-state index in [1.807, 2.05) is 0 Å². The number of hydrogen-bond acceptors (Lipinski definition) is 3. The van der Waals surface area contributed by atoms with Gasteiger partial charge in [-0.3, -0.25) is 0 Å². The summed E-state index contributed by atoms with van der Waals surface area (Å²) in [5.41, 5.74) is 9.02. The Hall–Kier alpha value is -0.960. The minimum absolute atomic E-state index is 0.0158. The molecule has 1 heterocycles. The maximum Gasteiger partial charge on any atom is 0.134 e. The fraction of sp³-hybridized carbons (Fsp3) is 0.692. The predicted molar refractivity (Wildman–Crippen MR) is 67.6 cm³/mol. The van der Waals surface area contributed by atoms with Gasteiger partial charge in [0.05, 0.1) is 0 Å². The molecule has 0 bridgehead atoms. The zero-order chi connectivity index (χ0) is 12.3. The molecule has 16 heavy (non-hydrogen) atoms. The van der Waals surface area contributed by atoms with Gasteiger partial charge < -0.3 is 5.73 Å². The van der Waals surface area contributed by atoms with Crippen molar-refractivity contribution >= 4 is 0 Å². The summed E-state index contributed by atoms with van der Waals surface area (Å²) in [4.78, 5) is 9.21. The van der Waals surface area contributed by atoms with Crippen LogP contribution in [0.25, 0.3) is 0 Å². The first-order valence-corrected chi connectivity index (χ1v) is 5.91. The molecule has 3 heteroatoms. The quantitative estimate of drug-likeness (QED) is 0.852. The minimum atomic E-state index is 0.0158. The van der Waals surface area contributed by atoms with Gasteiger partial charge >= 0.3 is 0 Å². The molecule has 3 nitrogen and oxygen atoms in total. The molecule has 0 aliphatic rings. The van der Waals surface area contributed by atoms with Crippen molar-refractivity contribution in [3.63, 3.8) is 0 Å². The van der Waals surface area contributed by atoms with E-state index in [0.717, 1.165) is 36.6 Å². The summed E-state index contributed by atoms with van der Waals surface area (Å²) in [6.07, 6.45) is 1.98. The van der Waals surface area contributed by atoms with Crippen LogP contribution in [0.1, 0.15) is 50.0 Å². The highest BCUT2D eigenvalue weighted by Crippen LogP contribution is 2.21. The highest BCUT2D eigenvalue weighted by atomic mass is 14.9. The van der Waals surface area contributed by atoms with E-state index < -0.39 is 0 Å². The molecule has 0 spiro atoms. The van der Waals surface area contributed by atoms with Gasteiger partial charge in [-0.1, -0.05) is 20.8 Å². The molecule has 0 saturated carbocycles. The molecule has 0 aliphatic carbocycles. The van der Waals surface area contributed by atoms with Gasteiger partial charge in [0.2, 0.25) is 0 Å². The fourth-order valence-electron chi connectivity index (χ4n) is 1.72. The molecule has 0 unspecified atom stereocenters. The molecule has 0 aromatic carbocycles. The average molecular weight is 221 g/mol. The summed E-state index contributed by atoms with van der Waals surface area (Å²) >= 11 is 0. The van der Waals surface area contributed by atoms with Crippen LogP contribution >= 0.6 is 0 Å². The first-order chi connectivity index (χ1) is 7.36. The fourth-order valence-corrected chi connectivity index (χ4v) is 1.72. The lowest BCUT2D eigenvalue weighted by Crippen LogP contribution is -2.19. The van der Waals surface area contributed by atoms with Crippen molar-refractivity contribution in [2.45, 2.75) is 52.9 Å². The number of hydrogen-bond donors (Lipinski definition) is 1. The molecule has 1 rings (SSSR count). The Kier molecular flexibility index (Phi) is 4.03. The predicted octanol–water partition coefficient (Wildman–Crippen LogP) is 2.28. The van der Waals surface area contributed by atoms with E-state index in [0.29, 0.717) is 0 Å². The zero-order valence-corrected chi connectivity index (χ0v) is 11.1. The zero-order valence-electron chi connectivity index (χ0n) is 11.1. The van der Waals surface area contributed by atoms with Crippen LogP contribution in [-0.4, -0.2) is 16.5 Å². The van der Waals surface area contributed by atoms with Crippen LogP contribution in [-0.2, 0) is 11.8 Å². The molecule has 1 aromatic heterocycles. The highest BCUT2D eigenvalue weighted by Gasteiger charge is 2.19. The molecule has 0 aliphatic heterocycles. The van der Waals surface area contributed by atoms with Crippen molar-refractivity contribution in [1.29, 1.82) is 0 Å². The van der Waals surface area contributed by atoms with E-state index in [2.05, 4.69) is 44.6 Å². The molecular weight excluding hydrogens is 198 g/mol. The normalized spacial score (nSPS) is 11.9. The maximum absolute atomic E-state index is 5.53. The Bertz CT molecular complexity index is 341. The van der Waals surface area contributed by atoms with E-state index in [1.54, 1.807) is 0 Å². The van der Waals surface area contributed by atoms with Crippen LogP contribution in [0, 0.1) is 13.8 Å². The second-order valence-electron chi connectivity index (χ2n) is 5.34. The molecule has 90 valence electrons. The number of nitrogens with zero attached hydrogens (tertiary/aromatic N) is 2. The molecule has 0 fully saturated rings. The number of rotatable bonds is 3. The summed E-state index contributed by atoms with van der Waals surface area (Å²) in [6.45, 7) is 11.3. The molecule has 0 radical (unpaired) electrons. The topological polar surface area (TPSA) is 51.8 Å². The Balaban J connectivity index is 3.08. The Labute approximate surface area is 98.5 Å². The molecule has 1 aromatic rings. The number of nitrogens with two attached hydrogens (primary N) is 1. The smallest absolute Gasteiger partial charge is 0.134 e. The van der Waals surface area contributed by atoms with Crippen molar-refractivity contribution in [1.82, 2.24) is 9.97 Å². The lowest BCUT2D eigenvalue weighted by molar-refractivity contribution is 0.538. The van der Waals surface area contributed by atoms with Crippen molar-refractivity contribution in [3.8, 4) is 0 Å². The number of aryl methyl sites for hydroxylation is 2. The summed E-state index contributed by atoms with van der Waals surface area (Å²) in [5, 5.41) is 0. The van der Waals surface area contributed by atoms with Crippen LogP contribution in [0.5, 0.6) is 0 Å². The molecule has 0 saturated heterocycles. The van der Waals surface area contributed by atoms with Crippen LogP contribution in [0.15, 0.2) is 0 Å². The summed E-state index contributed by atoms with van der Waals surface area (Å²) < 4.78 is 0. The Morgan fingerprint density at radius 1 is 1.06 bits per heavy atom. The standard InChI is InChI=1S/C13H23N3/c1-9-11(7-6-8-14)10(2)16-12(15-9)13(3,4)5/h6-8,14H2,1-5H3.